The minimum atomic E-state index is -0.803. The van der Waals surface area contributed by atoms with Crippen LogP contribution in [-0.4, -0.2) is 44.4 Å². The Labute approximate surface area is 336 Å². The van der Waals surface area contributed by atoms with E-state index in [0.717, 1.165) is 67.5 Å². The lowest BCUT2D eigenvalue weighted by Gasteiger charge is -2.41. The molecular formula is C50H66N2O4. The molecule has 5 rings (SSSR count). The molecule has 56 heavy (non-hydrogen) atoms. The molecule has 300 valence electrons. The summed E-state index contributed by atoms with van der Waals surface area (Å²) in [7, 11) is 0. The normalized spacial score (nSPS) is 16.9. The van der Waals surface area contributed by atoms with Crippen molar-refractivity contribution in [2.75, 3.05) is 0 Å². The van der Waals surface area contributed by atoms with E-state index < -0.39 is 35.7 Å². The topological polar surface area (TPSA) is 81.1 Å². The van der Waals surface area contributed by atoms with Crippen LogP contribution in [0.5, 0.6) is 0 Å². The third-order valence-electron chi connectivity index (χ3n) is 11.7. The molecular weight excluding hydrogens is 693 g/mol. The maximum atomic E-state index is 14.7. The predicted molar refractivity (Wildman–Crippen MR) is 228 cm³/mol. The summed E-state index contributed by atoms with van der Waals surface area (Å²) in [6.45, 7) is 25.9. The number of benzene rings is 4. The summed E-state index contributed by atoms with van der Waals surface area (Å²) in [5, 5.41) is 25.7. The van der Waals surface area contributed by atoms with Gasteiger partial charge in [0.25, 0.3) is 11.8 Å². The van der Waals surface area contributed by atoms with Crippen molar-refractivity contribution in [3.8, 4) is 0 Å². The van der Waals surface area contributed by atoms with Crippen LogP contribution < -0.4 is 0 Å². The van der Waals surface area contributed by atoms with Crippen LogP contribution in [0.2, 0.25) is 0 Å². The fraction of sp³-hybridized carbons (Fsp3) is 0.480. The lowest BCUT2D eigenvalue weighted by atomic mass is 9.81. The molecule has 6 nitrogen and oxygen atoms in total. The molecule has 0 heterocycles. The number of hydrogen-bond donors (Lipinski definition) is 2. The van der Waals surface area contributed by atoms with Crippen molar-refractivity contribution < 1.29 is 20.0 Å². The van der Waals surface area contributed by atoms with Crippen LogP contribution in [0.1, 0.15) is 165 Å². The van der Waals surface area contributed by atoms with Gasteiger partial charge < -0.3 is 0 Å². The zero-order chi connectivity index (χ0) is 41.4. The van der Waals surface area contributed by atoms with Gasteiger partial charge in [0.2, 0.25) is 0 Å². The predicted octanol–water partition coefficient (Wildman–Crippen LogP) is 11.6. The Morgan fingerprint density at radius 3 is 0.804 bits per heavy atom. The minimum absolute atomic E-state index is 0.0665. The Hall–Kier alpha value is -4.26. The Balaban J connectivity index is 1.51. The maximum absolute atomic E-state index is 14.7. The molecule has 1 saturated carbocycles. The van der Waals surface area contributed by atoms with Gasteiger partial charge in [-0.2, -0.15) is 0 Å². The highest BCUT2D eigenvalue weighted by Gasteiger charge is 2.42. The molecule has 6 heteroatoms. The van der Waals surface area contributed by atoms with Crippen LogP contribution in [0.3, 0.4) is 0 Å². The molecule has 4 aromatic rings. The molecule has 1 aliphatic carbocycles. The van der Waals surface area contributed by atoms with E-state index >= 15 is 0 Å². The quantitative estimate of drug-likeness (QED) is 0.138. The molecule has 1 unspecified atom stereocenters. The highest BCUT2D eigenvalue weighted by atomic mass is 16.5. The first-order valence-corrected chi connectivity index (χ1v) is 20.4. The number of carbonyl (C=O) groups excluding carboxylic acids is 2. The molecule has 0 aliphatic heterocycles. The van der Waals surface area contributed by atoms with E-state index in [4.69, 9.17) is 0 Å². The zero-order valence-electron chi connectivity index (χ0n) is 36.0. The summed E-state index contributed by atoms with van der Waals surface area (Å²) in [6.07, 6.45) is 2.40. The first kappa shape index (κ1) is 42.9. The van der Waals surface area contributed by atoms with Crippen molar-refractivity contribution in [3.63, 3.8) is 0 Å². The second-order valence-corrected chi connectivity index (χ2v) is 20.1. The van der Waals surface area contributed by atoms with Crippen molar-refractivity contribution in [3.05, 3.63) is 142 Å². The Kier molecular flexibility index (Phi) is 12.5. The summed E-state index contributed by atoms with van der Waals surface area (Å²) >= 11 is 0. The van der Waals surface area contributed by atoms with Crippen LogP contribution in [0.4, 0.5) is 0 Å². The highest BCUT2D eigenvalue weighted by Crippen LogP contribution is 2.37. The largest absolute Gasteiger partial charge is 0.286 e. The molecule has 0 radical (unpaired) electrons. The summed E-state index contributed by atoms with van der Waals surface area (Å²) in [5.74, 6) is -2.54. The van der Waals surface area contributed by atoms with E-state index in [-0.39, 0.29) is 21.7 Å². The van der Waals surface area contributed by atoms with Crippen molar-refractivity contribution in [1.82, 2.24) is 10.1 Å². The summed E-state index contributed by atoms with van der Waals surface area (Å²) in [4.78, 5) is 29.5. The Morgan fingerprint density at radius 1 is 0.429 bits per heavy atom. The van der Waals surface area contributed by atoms with Gasteiger partial charge in [0.05, 0.1) is 23.9 Å². The fourth-order valence-electron chi connectivity index (χ4n) is 7.91. The third-order valence-corrected chi connectivity index (χ3v) is 11.7. The van der Waals surface area contributed by atoms with Crippen molar-refractivity contribution in [1.29, 1.82) is 0 Å². The van der Waals surface area contributed by atoms with Gasteiger partial charge in [0.1, 0.15) is 0 Å². The molecule has 2 N–H and O–H groups in total. The molecule has 0 saturated heterocycles. The lowest BCUT2D eigenvalue weighted by molar-refractivity contribution is -0.213. The van der Waals surface area contributed by atoms with E-state index in [2.05, 4.69) is 132 Å². The number of hydroxylamine groups is 4. The number of rotatable bonds is 8. The zero-order valence-corrected chi connectivity index (χ0v) is 36.0. The molecule has 2 amide bonds. The van der Waals surface area contributed by atoms with Crippen molar-refractivity contribution in [2.45, 2.75) is 154 Å². The Morgan fingerprint density at radius 2 is 0.625 bits per heavy atom. The number of nitrogens with zero attached hydrogens (tertiary/aromatic N) is 2. The van der Waals surface area contributed by atoms with E-state index in [1.807, 2.05) is 48.5 Å². The SMILES string of the molecule is CC(C)(C)c1ccc(C(C(=O)N(O)C2CCCC[C@H]2N(O)C(=O)C(c2ccc(C(C)(C)C)cc2)c2ccc(C(C)(C)C)cc2)c2ccc(C(C)(C)C)cc2)cc1. The third kappa shape index (κ3) is 9.64. The van der Waals surface area contributed by atoms with Crippen LogP contribution >= 0.6 is 0 Å². The standard InChI is InChI=1S/C50H66N2O4/c1-47(2,3)37-25-17-33(18-26-37)43(34-19-27-38(28-20-34)48(4,5)6)45(53)51(55)41-15-13-14-16-42(41)52(56)46(54)44(35-21-29-39(30-22-35)49(7,8)9)36-23-31-40(32-24-36)50(10,11)12/h17-32,41-44,55-56H,13-16H2,1-12H3/t41-,42?/m1/s1. The van der Waals surface area contributed by atoms with Gasteiger partial charge in [-0.25, -0.2) is 10.1 Å². The summed E-state index contributed by atoms with van der Waals surface area (Å²) in [5.41, 5.74) is 7.40. The van der Waals surface area contributed by atoms with Crippen molar-refractivity contribution in [2.24, 2.45) is 0 Å². The van der Waals surface area contributed by atoms with E-state index in [9.17, 15) is 20.0 Å². The van der Waals surface area contributed by atoms with Crippen LogP contribution in [-0.2, 0) is 31.2 Å². The van der Waals surface area contributed by atoms with Crippen LogP contribution in [0.25, 0.3) is 0 Å². The second kappa shape index (κ2) is 16.3. The average molecular weight is 759 g/mol. The molecule has 2 atom stereocenters. The minimum Gasteiger partial charge on any atom is -0.286 e. The maximum Gasteiger partial charge on any atom is 0.258 e. The lowest BCUT2D eigenvalue weighted by Crippen LogP contribution is -2.56. The molecule has 0 bridgehead atoms. The van der Waals surface area contributed by atoms with Gasteiger partial charge in [-0.15, -0.1) is 0 Å². The smallest absolute Gasteiger partial charge is 0.258 e. The van der Waals surface area contributed by atoms with Crippen molar-refractivity contribution >= 4 is 11.8 Å². The molecule has 4 aromatic carbocycles. The van der Waals surface area contributed by atoms with E-state index in [1.165, 1.54) is 0 Å². The summed E-state index contributed by atoms with van der Waals surface area (Å²) in [6, 6.07) is 30.7. The van der Waals surface area contributed by atoms with Gasteiger partial charge >= 0.3 is 0 Å². The van der Waals surface area contributed by atoms with Gasteiger partial charge in [0.15, 0.2) is 0 Å². The Bertz CT molecular complexity index is 1680. The van der Waals surface area contributed by atoms with Gasteiger partial charge in [-0.05, 0) is 79.0 Å². The number of carbonyl (C=O) groups is 2. The van der Waals surface area contributed by atoms with Gasteiger partial charge in [-0.1, -0.05) is 193 Å². The second-order valence-electron chi connectivity index (χ2n) is 20.1. The first-order chi connectivity index (χ1) is 26.0. The highest BCUT2D eigenvalue weighted by molar-refractivity contribution is 5.88. The van der Waals surface area contributed by atoms with Crippen LogP contribution in [0, 0.1) is 0 Å². The van der Waals surface area contributed by atoms with Crippen LogP contribution in [0.15, 0.2) is 97.1 Å². The monoisotopic (exact) mass is 759 g/mol. The molecule has 0 spiro atoms. The van der Waals surface area contributed by atoms with E-state index in [0.29, 0.717) is 12.8 Å². The molecule has 0 aromatic heterocycles. The summed E-state index contributed by atoms with van der Waals surface area (Å²) < 4.78 is 0. The first-order valence-electron chi connectivity index (χ1n) is 20.4. The van der Waals surface area contributed by atoms with Gasteiger partial charge in [-0.3, -0.25) is 20.0 Å². The van der Waals surface area contributed by atoms with Gasteiger partial charge in [0, 0.05) is 0 Å². The molecule has 1 fully saturated rings. The number of amides is 2. The average Bonchev–Trinajstić information content (AvgIpc) is 3.14. The number of hydrogen-bond acceptors (Lipinski definition) is 4. The van der Waals surface area contributed by atoms with E-state index in [1.54, 1.807) is 0 Å². The molecule has 1 aliphatic rings. The fourth-order valence-corrected chi connectivity index (χ4v) is 7.91.